The van der Waals surface area contributed by atoms with Crippen LogP contribution in [0.4, 0.5) is 5.82 Å². The van der Waals surface area contributed by atoms with Gasteiger partial charge in [0.05, 0.1) is 12.6 Å². The number of nitrogens with one attached hydrogen (secondary N) is 1. The van der Waals surface area contributed by atoms with E-state index in [1.165, 1.54) is 0 Å². The molecule has 1 N–H and O–H groups in total. The van der Waals surface area contributed by atoms with Gasteiger partial charge in [-0.25, -0.2) is 0 Å². The van der Waals surface area contributed by atoms with Crippen LogP contribution in [0.2, 0.25) is 0 Å². The van der Waals surface area contributed by atoms with Crippen LogP contribution in [0.3, 0.4) is 0 Å². The van der Waals surface area contributed by atoms with Gasteiger partial charge < -0.3 is 10.1 Å². The highest BCUT2D eigenvalue weighted by atomic mass is 16.5. The summed E-state index contributed by atoms with van der Waals surface area (Å²) in [6, 6.07) is 5.66. The fourth-order valence-electron chi connectivity index (χ4n) is 1.39. The fourth-order valence-corrected chi connectivity index (χ4v) is 1.39. The minimum absolute atomic E-state index is 0.0365. The highest BCUT2D eigenvalue weighted by Gasteiger charge is 2.04. The molecule has 86 valence electrons. The normalized spacial score (nSPS) is 11.6. The molecular formula is C13H18N2O. The van der Waals surface area contributed by atoms with Gasteiger partial charge >= 0.3 is 0 Å². The third-order valence-corrected chi connectivity index (χ3v) is 2.12. The Balaban J connectivity index is 2.65. The third kappa shape index (κ3) is 3.82. The number of hydrogen-bond acceptors (Lipinski definition) is 3. The van der Waals surface area contributed by atoms with Gasteiger partial charge in [-0.1, -0.05) is 25.3 Å². The summed E-state index contributed by atoms with van der Waals surface area (Å²) in [5.74, 6) is 4.10. The smallest absolute Gasteiger partial charge is 0.215 e. The molecule has 1 unspecified atom stereocenters. The quantitative estimate of drug-likeness (QED) is 0.745. The Labute approximate surface area is 97.2 Å². The molecule has 0 saturated carbocycles. The Bertz CT molecular complexity index is 357. The second-order valence-electron chi connectivity index (χ2n) is 3.45. The van der Waals surface area contributed by atoms with Crippen LogP contribution in [0.5, 0.6) is 5.88 Å². The Kier molecular flexibility index (Phi) is 5.21. The van der Waals surface area contributed by atoms with Crippen molar-refractivity contribution in [2.24, 2.45) is 0 Å². The van der Waals surface area contributed by atoms with Crippen LogP contribution < -0.4 is 10.1 Å². The van der Waals surface area contributed by atoms with E-state index in [1.807, 2.05) is 25.1 Å². The van der Waals surface area contributed by atoms with Crippen LogP contribution in [0, 0.1) is 12.3 Å². The summed E-state index contributed by atoms with van der Waals surface area (Å²) < 4.78 is 5.32. The number of nitrogens with zero attached hydrogens (tertiary/aromatic N) is 1. The first-order chi connectivity index (χ1) is 7.80. The van der Waals surface area contributed by atoms with Crippen molar-refractivity contribution in [2.45, 2.75) is 32.7 Å². The minimum atomic E-state index is 0.0365. The average molecular weight is 218 g/mol. The average Bonchev–Trinajstić information content (AvgIpc) is 2.29. The molecule has 3 nitrogen and oxygen atoms in total. The van der Waals surface area contributed by atoms with E-state index in [-0.39, 0.29) is 6.04 Å². The number of terminal acetylenes is 1. The Hall–Kier alpha value is -1.69. The second-order valence-corrected chi connectivity index (χ2v) is 3.45. The van der Waals surface area contributed by atoms with E-state index < -0.39 is 0 Å². The van der Waals surface area contributed by atoms with E-state index in [0.29, 0.717) is 12.5 Å². The van der Waals surface area contributed by atoms with Gasteiger partial charge in [-0.05, 0) is 19.4 Å². The Morgan fingerprint density at radius 1 is 1.50 bits per heavy atom. The maximum Gasteiger partial charge on any atom is 0.215 e. The lowest BCUT2D eigenvalue weighted by Gasteiger charge is -2.13. The molecule has 16 heavy (non-hydrogen) atoms. The molecular weight excluding hydrogens is 200 g/mol. The van der Waals surface area contributed by atoms with Gasteiger partial charge in [0.1, 0.15) is 5.82 Å². The summed E-state index contributed by atoms with van der Waals surface area (Å²) in [5.41, 5.74) is 0. The summed E-state index contributed by atoms with van der Waals surface area (Å²) in [6.45, 7) is 4.66. The third-order valence-electron chi connectivity index (χ3n) is 2.12. The molecule has 0 aliphatic carbocycles. The van der Waals surface area contributed by atoms with Crippen LogP contribution in [0.25, 0.3) is 0 Å². The van der Waals surface area contributed by atoms with Gasteiger partial charge in [-0.15, -0.1) is 6.42 Å². The molecule has 0 fully saturated rings. The molecule has 1 heterocycles. The van der Waals surface area contributed by atoms with E-state index in [2.05, 4.69) is 23.1 Å². The van der Waals surface area contributed by atoms with Crippen molar-refractivity contribution in [1.82, 2.24) is 4.98 Å². The highest BCUT2D eigenvalue weighted by Crippen LogP contribution is 2.13. The van der Waals surface area contributed by atoms with Crippen LogP contribution in [0.15, 0.2) is 18.2 Å². The zero-order valence-electron chi connectivity index (χ0n) is 9.86. The first kappa shape index (κ1) is 12.4. The molecule has 0 spiro atoms. The van der Waals surface area contributed by atoms with Crippen molar-refractivity contribution in [2.75, 3.05) is 11.9 Å². The van der Waals surface area contributed by atoms with Crippen LogP contribution >= 0.6 is 0 Å². The first-order valence-electron chi connectivity index (χ1n) is 5.62. The molecule has 1 rings (SSSR count). The maximum absolute atomic E-state index is 5.43. The number of anilines is 1. The van der Waals surface area contributed by atoms with Gasteiger partial charge in [-0.3, -0.25) is 0 Å². The number of rotatable bonds is 6. The summed E-state index contributed by atoms with van der Waals surface area (Å²) in [7, 11) is 0. The van der Waals surface area contributed by atoms with E-state index in [9.17, 15) is 0 Å². The SMILES string of the molecule is C#CC(CCC)Nc1cccc(OCC)n1. The molecule has 0 amide bonds. The van der Waals surface area contributed by atoms with Crippen LogP contribution in [-0.2, 0) is 0 Å². The number of ether oxygens (including phenoxy) is 1. The summed E-state index contributed by atoms with van der Waals surface area (Å²) >= 11 is 0. The number of hydrogen-bond donors (Lipinski definition) is 1. The summed E-state index contributed by atoms with van der Waals surface area (Å²) in [4.78, 5) is 4.30. The molecule has 0 saturated heterocycles. The zero-order valence-corrected chi connectivity index (χ0v) is 9.86. The second kappa shape index (κ2) is 6.73. The maximum atomic E-state index is 5.43. The molecule has 1 atom stereocenters. The fraction of sp³-hybridized carbons (Fsp3) is 0.462. The molecule has 1 aromatic rings. The minimum Gasteiger partial charge on any atom is -0.478 e. The van der Waals surface area contributed by atoms with Crippen molar-refractivity contribution in [3.63, 3.8) is 0 Å². The van der Waals surface area contributed by atoms with Crippen LogP contribution in [-0.4, -0.2) is 17.6 Å². The lowest BCUT2D eigenvalue weighted by atomic mass is 10.2. The largest absolute Gasteiger partial charge is 0.478 e. The predicted molar refractivity (Wildman–Crippen MR) is 66.6 cm³/mol. The van der Waals surface area contributed by atoms with Gasteiger partial charge in [-0.2, -0.15) is 4.98 Å². The topological polar surface area (TPSA) is 34.1 Å². The monoisotopic (exact) mass is 218 g/mol. The Morgan fingerprint density at radius 2 is 2.31 bits per heavy atom. The van der Waals surface area contributed by atoms with Crippen LogP contribution in [0.1, 0.15) is 26.7 Å². The van der Waals surface area contributed by atoms with Crippen molar-refractivity contribution in [1.29, 1.82) is 0 Å². The molecule has 3 heteroatoms. The lowest BCUT2D eigenvalue weighted by molar-refractivity contribution is 0.327. The number of pyridine rings is 1. The highest BCUT2D eigenvalue weighted by molar-refractivity contribution is 5.40. The number of aromatic nitrogens is 1. The standard InChI is InChI=1S/C13H18N2O/c1-4-8-11(5-2)14-12-9-7-10-13(15-12)16-6-3/h2,7,9-11H,4,6,8H2,1,3H3,(H,14,15). The molecule has 0 aromatic carbocycles. The molecule has 0 aliphatic rings. The van der Waals surface area contributed by atoms with Crippen molar-refractivity contribution >= 4 is 5.82 Å². The van der Waals surface area contributed by atoms with E-state index >= 15 is 0 Å². The molecule has 0 radical (unpaired) electrons. The van der Waals surface area contributed by atoms with Crippen molar-refractivity contribution in [3.05, 3.63) is 18.2 Å². The first-order valence-corrected chi connectivity index (χ1v) is 5.62. The van der Waals surface area contributed by atoms with E-state index in [4.69, 9.17) is 11.2 Å². The Morgan fingerprint density at radius 3 is 2.94 bits per heavy atom. The zero-order chi connectivity index (χ0) is 11.8. The lowest BCUT2D eigenvalue weighted by Crippen LogP contribution is -2.17. The summed E-state index contributed by atoms with van der Waals surface area (Å²) in [6.07, 6.45) is 7.42. The van der Waals surface area contributed by atoms with Gasteiger partial charge in [0.2, 0.25) is 5.88 Å². The predicted octanol–water partition coefficient (Wildman–Crippen LogP) is 2.69. The van der Waals surface area contributed by atoms with E-state index in [0.717, 1.165) is 18.7 Å². The molecule has 0 bridgehead atoms. The van der Waals surface area contributed by atoms with Gasteiger partial charge in [0, 0.05) is 6.07 Å². The summed E-state index contributed by atoms with van der Waals surface area (Å²) in [5, 5.41) is 3.20. The molecule has 0 aliphatic heterocycles. The van der Waals surface area contributed by atoms with Crippen molar-refractivity contribution < 1.29 is 4.74 Å². The van der Waals surface area contributed by atoms with Gasteiger partial charge in [0.25, 0.3) is 0 Å². The van der Waals surface area contributed by atoms with E-state index in [1.54, 1.807) is 0 Å². The van der Waals surface area contributed by atoms with Gasteiger partial charge in [0.15, 0.2) is 0 Å². The molecule has 1 aromatic heterocycles. The van der Waals surface area contributed by atoms with Crippen molar-refractivity contribution in [3.8, 4) is 18.2 Å².